The maximum absolute atomic E-state index is 5.57. The van der Waals surface area contributed by atoms with Crippen molar-refractivity contribution in [1.29, 1.82) is 0 Å². The molecule has 2 aliphatic heterocycles. The Hall–Kier alpha value is -1.75. The zero-order valence-electron chi connectivity index (χ0n) is 16.4. The summed E-state index contributed by atoms with van der Waals surface area (Å²) in [6.45, 7) is 7.32. The zero-order valence-corrected chi connectivity index (χ0v) is 16.4. The fourth-order valence-electron chi connectivity index (χ4n) is 4.08. The van der Waals surface area contributed by atoms with Crippen LogP contribution in [0.5, 0.6) is 5.75 Å². The number of aliphatic imine (C=N–C) groups is 1. The lowest BCUT2D eigenvalue weighted by molar-refractivity contribution is 0.147. The third-order valence-corrected chi connectivity index (χ3v) is 5.60. The molecule has 2 heterocycles. The van der Waals surface area contributed by atoms with Gasteiger partial charge in [-0.1, -0.05) is 25.5 Å². The molecular formula is C21H34N4O. The number of likely N-dealkylation sites (tertiary alicyclic amines) is 1. The highest BCUT2D eigenvalue weighted by Gasteiger charge is 2.20. The number of fused-ring (bicyclic) bond motifs is 1. The average Bonchev–Trinajstić information content (AvgIpc) is 3.15. The van der Waals surface area contributed by atoms with Crippen LogP contribution in [0.1, 0.15) is 43.7 Å². The van der Waals surface area contributed by atoms with Crippen molar-refractivity contribution in [2.45, 2.75) is 51.5 Å². The minimum absolute atomic E-state index is 0.768. The largest absolute Gasteiger partial charge is 0.493 e. The number of piperidine rings is 1. The van der Waals surface area contributed by atoms with Crippen molar-refractivity contribution in [3.05, 3.63) is 29.3 Å². The second kappa shape index (κ2) is 9.81. The molecule has 0 bridgehead atoms. The van der Waals surface area contributed by atoms with E-state index < -0.39 is 0 Å². The molecule has 144 valence electrons. The molecule has 2 aliphatic rings. The zero-order chi connectivity index (χ0) is 18.2. The third kappa shape index (κ3) is 5.13. The van der Waals surface area contributed by atoms with Gasteiger partial charge >= 0.3 is 0 Å². The molecule has 1 saturated heterocycles. The van der Waals surface area contributed by atoms with E-state index in [9.17, 15) is 0 Å². The maximum Gasteiger partial charge on any atom is 0.191 e. The molecule has 0 saturated carbocycles. The number of nitrogens with zero attached hydrogens (tertiary/aromatic N) is 2. The topological polar surface area (TPSA) is 48.9 Å². The number of guanidine groups is 1. The molecule has 0 radical (unpaired) electrons. The molecule has 26 heavy (non-hydrogen) atoms. The molecule has 5 nitrogen and oxygen atoms in total. The molecule has 1 unspecified atom stereocenters. The Kier molecular flexibility index (Phi) is 7.18. The van der Waals surface area contributed by atoms with Gasteiger partial charge in [-0.25, -0.2) is 0 Å². The Balaban J connectivity index is 1.37. The maximum atomic E-state index is 5.57. The summed E-state index contributed by atoms with van der Waals surface area (Å²) in [6, 6.07) is 7.32. The minimum Gasteiger partial charge on any atom is -0.493 e. The van der Waals surface area contributed by atoms with Crippen LogP contribution in [-0.2, 0) is 12.8 Å². The number of hydrogen-bond acceptors (Lipinski definition) is 3. The standard InChI is InChI=1S/C21H34N4O/c1-3-19-6-4-5-13-25(19)14-12-24-21(22-2)23-11-9-17-7-8-20-18(16-17)10-15-26-20/h7-8,16,19H,3-6,9-15H2,1-2H3,(H2,22,23,24). The first-order chi connectivity index (χ1) is 12.8. The summed E-state index contributed by atoms with van der Waals surface area (Å²) in [5, 5.41) is 6.90. The van der Waals surface area contributed by atoms with Crippen molar-refractivity contribution in [2.24, 2.45) is 4.99 Å². The van der Waals surface area contributed by atoms with Crippen molar-refractivity contribution in [3.63, 3.8) is 0 Å². The Labute approximate surface area is 158 Å². The molecule has 1 atom stereocenters. The number of nitrogens with one attached hydrogen (secondary N) is 2. The van der Waals surface area contributed by atoms with Gasteiger partial charge in [0, 0.05) is 39.1 Å². The van der Waals surface area contributed by atoms with E-state index >= 15 is 0 Å². The molecule has 0 amide bonds. The van der Waals surface area contributed by atoms with Gasteiger partial charge in [0.25, 0.3) is 0 Å². The summed E-state index contributed by atoms with van der Waals surface area (Å²) < 4.78 is 5.57. The van der Waals surface area contributed by atoms with Gasteiger partial charge in [-0.3, -0.25) is 9.89 Å². The fraction of sp³-hybridized carbons (Fsp3) is 0.667. The van der Waals surface area contributed by atoms with Crippen LogP contribution < -0.4 is 15.4 Å². The second-order valence-electron chi connectivity index (χ2n) is 7.31. The van der Waals surface area contributed by atoms with Gasteiger partial charge in [0.05, 0.1) is 6.61 Å². The molecule has 1 aromatic carbocycles. The van der Waals surface area contributed by atoms with E-state index in [2.05, 4.69) is 45.6 Å². The molecule has 1 aromatic rings. The van der Waals surface area contributed by atoms with Gasteiger partial charge in [-0.05, 0) is 49.4 Å². The number of rotatable bonds is 7. The van der Waals surface area contributed by atoms with Crippen molar-refractivity contribution < 1.29 is 4.74 Å². The molecule has 0 spiro atoms. The Morgan fingerprint density at radius 1 is 1.27 bits per heavy atom. The van der Waals surface area contributed by atoms with Crippen LogP contribution in [0.15, 0.2) is 23.2 Å². The molecule has 0 aromatic heterocycles. The van der Waals surface area contributed by atoms with E-state index in [4.69, 9.17) is 4.74 Å². The number of ether oxygens (including phenoxy) is 1. The summed E-state index contributed by atoms with van der Waals surface area (Å²) in [5.74, 6) is 1.96. The van der Waals surface area contributed by atoms with E-state index in [0.717, 1.165) is 56.8 Å². The molecular weight excluding hydrogens is 324 g/mol. The summed E-state index contributed by atoms with van der Waals surface area (Å²) in [6.07, 6.45) is 7.39. The Morgan fingerprint density at radius 2 is 2.15 bits per heavy atom. The predicted octanol–water partition coefficient (Wildman–Crippen LogP) is 2.59. The van der Waals surface area contributed by atoms with Crippen LogP contribution in [0.25, 0.3) is 0 Å². The highest BCUT2D eigenvalue weighted by Crippen LogP contribution is 2.25. The summed E-state index contributed by atoms with van der Waals surface area (Å²) in [5.41, 5.74) is 2.70. The fourth-order valence-corrected chi connectivity index (χ4v) is 4.08. The normalized spacial score (nSPS) is 20.5. The molecule has 0 aliphatic carbocycles. The first-order valence-electron chi connectivity index (χ1n) is 10.2. The Bertz CT molecular complexity index is 602. The lowest BCUT2D eigenvalue weighted by atomic mass is 10.0. The molecule has 2 N–H and O–H groups in total. The van der Waals surface area contributed by atoms with Crippen LogP contribution in [0.3, 0.4) is 0 Å². The van der Waals surface area contributed by atoms with Crippen molar-refractivity contribution in [1.82, 2.24) is 15.5 Å². The van der Waals surface area contributed by atoms with Gasteiger partial charge < -0.3 is 15.4 Å². The number of hydrogen-bond donors (Lipinski definition) is 2. The van der Waals surface area contributed by atoms with E-state index in [1.807, 2.05) is 7.05 Å². The van der Waals surface area contributed by atoms with E-state index in [0.29, 0.717) is 0 Å². The summed E-state index contributed by atoms with van der Waals surface area (Å²) in [4.78, 5) is 6.99. The van der Waals surface area contributed by atoms with Crippen molar-refractivity contribution in [3.8, 4) is 5.75 Å². The molecule has 5 heteroatoms. The van der Waals surface area contributed by atoms with Gasteiger partial charge in [-0.2, -0.15) is 0 Å². The average molecular weight is 359 g/mol. The van der Waals surface area contributed by atoms with E-state index in [1.165, 1.54) is 43.4 Å². The van der Waals surface area contributed by atoms with Crippen LogP contribution >= 0.6 is 0 Å². The first kappa shape index (κ1) is 19.0. The van der Waals surface area contributed by atoms with Crippen LogP contribution in [0.4, 0.5) is 0 Å². The molecule has 1 fully saturated rings. The van der Waals surface area contributed by atoms with Crippen LogP contribution in [-0.4, -0.2) is 56.7 Å². The quantitative estimate of drug-likeness (QED) is 0.581. The monoisotopic (exact) mass is 358 g/mol. The summed E-state index contributed by atoms with van der Waals surface area (Å²) in [7, 11) is 1.85. The second-order valence-corrected chi connectivity index (χ2v) is 7.31. The minimum atomic E-state index is 0.768. The third-order valence-electron chi connectivity index (χ3n) is 5.60. The predicted molar refractivity (Wildman–Crippen MR) is 108 cm³/mol. The van der Waals surface area contributed by atoms with Crippen LogP contribution in [0.2, 0.25) is 0 Å². The van der Waals surface area contributed by atoms with Crippen LogP contribution in [0, 0.1) is 0 Å². The first-order valence-corrected chi connectivity index (χ1v) is 10.2. The number of benzene rings is 1. The van der Waals surface area contributed by atoms with Gasteiger partial charge in [0.1, 0.15) is 5.75 Å². The lowest BCUT2D eigenvalue weighted by Gasteiger charge is -2.35. The van der Waals surface area contributed by atoms with E-state index in [1.54, 1.807) is 0 Å². The van der Waals surface area contributed by atoms with Gasteiger partial charge in [-0.15, -0.1) is 0 Å². The van der Waals surface area contributed by atoms with Gasteiger partial charge in [0.15, 0.2) is 5.96 Å². The highest BCUT2D eigenvalue weighted by atomic mass is 16.5. The smallest absolute Gasteiger partial charge is 0.191 e. The Morgan fingerprint density at radius 3 is 3.00 bits per heavy atom. The molecule has 3 rings (SSSR count). The lowest BCUT2D eigenvalue weighted by Crippen LogP contribution is -2.46. The highest BCUT2D eigenvalue weighted by molar-refractivity contribution is 5.79. The van der Waals surface area contributed by atoms with Crippen molar-refractivity contribution >= 4 is 5.96 Å². The SMILES string of the molecule is CCC1CCCCN1CCNC(=NC)NCCc1ccc2c(c1)CCO2. The van der Waals surface area contributed by atoms with Crippen molar-refractivity contribution in [2.75, 3.05) is 39.8 Å². The van der Waals surface area contributed by atoms with Gasteiger partial charge in [0.2, 0.25) is 0 Å². The summed E-state index contributed by atoms with van der Waals surface area (Å²) >= 11 is 0. The van der Waals surface area contributed by atoms with E-state index in [-0.39, 0.29) is 0 Å².